The van der Waals surface area contributed by atoms with Gasteiger partial charge in [-0.15, -0.1) is 0 Å². The van der Waals surface area contributed by atoms with Gasteiger partial charge in [-0.1, -0.05) is 6.92 Å². The van der Waals surface area contributed by atoms with Crippen molar-refractivity contribution in [3.05, 3.63) is 6.33 Å². The van der Waals surface area contributed by atoms with E-state index in [-0.39, 0.29) is 0 Å². The van der Waals surface area contributed by atoms with Gasteiger partial charge >= 0.3 is 0 Å². The second-order valence-electron chi connectivity index (χ2n) is 4.89. The van der Waals surface area contributed by atoms with Crippen molar-refractivity contribution in [2.24, 2.45) is 5.92 Å². The maximum absolute atomic E-state index is 5.42. The number of hydrogen-bond acceptors (Lipinski definition) is 5. The van der Waals surface area contributed by atoms with Crippen molar-refractivity contribution in [2.75, 3.05) is 24.3 Å². The minimum Gasteiger partial charge on any atom is -0.490 e. The molecule has 0 aromatic carbocycles. The van der Waals surface area contributed by atoms with Gasteiger partial charge in [0.25, 0.3) is 0 Å². The van der Waals surface area contributed by atoms with Crippen molar-refractivity contribution >= 4 is 11.6 Å². The topological polar surface area (TPSA) is 59.1 Å². The lowest BCUT2D eigenvalue weighted by Crippen LogP contribution is -2.17. The fourth-order valence-electron chi connectivity index (χ4n) is 2.49. The summed E-state index contributed by atoms with van der Waals surface area (Å²) < 4.78 is 5.42. The number of ether oxygens (including phenoxy) is 1. The predicted molar refractivity (Wildman–Crippen MR) is 73.2 cm³/mol. The summed E-state index contributed by atoms with van der Waals surface area (Å²) in [6.45, 7) is 5.14. The summed E-state index contributed by atoms with van der Waals surface area (Å²) in [6.07, 6.45) is 5.25. The minimum atomic E-state index is 0.498. The van der Waals surface area contributed by atoms with E-state index >= 15 is 0 Å². The summed E-state index contributed by atoms with van der Waals surface area (Å²) in [4.78, 5) is 8.50. The van der Waals surface area contributed by atoms with Gasteiger partial charge in [0.15, 0.2) is 11.6 Å². The monoisotopic (exact) mass is 250 g/mol. The Morgan fingerprint density at radius 1 is 1.33 bits per heavy atom. The number of nitrogens with zero attached hydrogens (tertiary/aromatic N) is 2. The first-order chi connectivity index (χ1) is 8.74. The molecule has 5 nitrogen and oxygen atoms in total. The van der Waals surface area contributed by atoms with Gasteiger partial charge in [-0.25, -0.2) is 9.97 Å². The van der Waals surface area contributed by atoms with Crippen molar-refractivity contribution in [1.29, 1.82) is 0 Å². The molecule has 2 rings (SSSR count). The highest BCUT2D eigenvalue weighted by Gasteiger charge is 2.23. The first kappa shape index (κ1) is 12.9. The molecule has 18 heavy (non-hydrogen) atoms. The molecule has 2 unspecified atom stereocenters. The smallest absolute Gasteiger partial charge is 0.204 e. The van der Waals surface area contributed by atoms with Gasteiger partial charge in [-0.3, -0.25) is 0 Å². The zero-order valence-corrected chi connectivity index (χ0v) is 11.4. The van der Waals surface area contributed by atoms with E-state index in [1.165, 1.54) is 19.3 Å². The highest BCUT2D eigenvalue weighted by atomic mass is 16.5. The first-order valence-electron chi connectivity index (χ1n) is 6.64. The number of anilines is 2. The maximum atomic E-state index is 5.42. The van der Waals surface area contributed by atoms with E-state index in [2.05, 4.69) is 27.5 Å². The molecule has 0 amide bonds. The Morgan fingerprint density at radius 2 is 2.11 bits per heavy atom. The van der Waals surface area contributed by atoms with Crippen molar-refractivity contribution in [2.45, 2.75) is 39.2 Å². The molecule has 0 saturated heterocycles. The summed E-state index contributed by atoms with van der Waals surface area (Å²) in [6, 6.07) is 0.498. The summed E-state index contributed by atoms with van der Waals surface area (Å²) in [5.74, 6) is 3.05. The Balaban J connectivity index is 2.13. The molecule has 100 valence electrons. The lowest BCUT2D eigenvalue weighted by Gasteiger charge is -2.17. The van der Waals surface area contributed by atoms with E-state index in [0.29, 0.717) is 11.8 Å². The van der Waals surface area contributed by atoms with Crippen molar-refractivity contribution < 1.29 is 4.74 Å². The van der Waals surface area contributed by atoms with Gasteiger partial charge in [-0.2, -0.15) is 0 Å². The Bertz CT molecular complexity index is 397. The van der Waals surface area contributed by atoms with Crippen LogP contribution >= 0.6 is 0 Å². The quantitative estimate of drug-likeness (QED) is 0.841. The number of aromatic nitrogens is 2. The Morgan fingerprint density at radius 3 is 2.72 bits per heavy atom. The number of methoxy groups -OCH3 is 1. The van der Waals surface area contributed by atoms with Crippen LogP contribution in [0.25, 0.3) is 0 Å². The van der Waals surface area contributed by atoms with Crippen LogP contribution in [-0.4, -0.2) is 29.7 Å². The average Bonchev–Trinajstić information content (AvgIpc) is 2.76. The molecule has 2 N–H and O–H groups in total. The molecular formula is C13H22N4O. The van der Waals surface area contributed by atoms with Gasteiger partial charge in [0.05, 0.1) is 7.11 Å². The molecule has 1 aliphatic rings. The van der Waals surface area contributed by atoms with Crippen molar-refractivity contribution in [1.82, 2.24) is 9.97 Å². The molecule has 0 aliphatic heterocycles. The zero-order chi connectivity index (χ0) is 13.0. The van der Waals surface area contributed by atoms with Gasteiger partial charge in [0.1, 0.15) is 6.33 Å². The van der Waals surface area contributed by atoms with Gasteiger partial charge in [-0.05, 0) is 32.1 Å². The first-order valence-corrected chi connectivity index (χ1v) is 6.64. The molecule has 2 atom stereocenters. The predicted octanol–water partition coefficient (Wildman–Crippen LogP) is 2.52. The third-order valence-electron chi connectivity index (χ3n) is 3.39. The lowest BCUT2D eigenvalue weighted by molar-refractivity contribution is 0.414. The van der Waals surface area contributed by atoms with Crippen molar-refractivity contribution in [3.63, 3.8) is 0 Å². The van der Waals surface area contributed by atoms with Crippen LogP contribution in [0.2, 0.25) is 0 Å². The van der Waals surface area contributed by atoms with Crippen LogP contribution in [0.15, 0.2) is 6.33 Å². The number of rotatable bonds is 5. The van der Waals surface area contributed by atoms with Crippen LogP contribution in [0.1, 0.15) is 33.1 Å². The van der Waals surface area contributed by atoms with Crippen molar-refractivity contribution in [3.8, 4) is 5.75 Å². The molecule has 0 radical (unpaired) electrons. The largest absolute Gasteiger partial charge is 0.490 e. The van der Waals surface area contributed by atoms with Gasteiger partial charge in [0.2, 0.25) is 5.75 Å². The number of nitrogens with one attached hydrogen (secondary N) is 2. The van der Waals surface area contributed by atoms with Crippen LogP contribution < -0.4 is 15.4 Å². The van der Waals surface area contributed by atoms with Crippen LogP contribution in [-0.2, 0) is 0 Å². The molecule has 1 heterocycles. The van der Waals surface area contributed by atoms with Crippen LogP contribution in [0.5, 0.6) is 5.75 Å². The minimum absolute atomic E-state index is 0.498. The van der Waals surface area contributed by atoms with Gasteiger partial charge < -0.3 is 15.4 Å². The van der Waals surface area contributed by atoms with Crippen LogP contribution in [0, 0.1) is 5.92 Å². The SMILES string of the molecule is CCNc1ncnc(NC2CCC(C)C2)c1OC. The molecule has 1 aromatic rings. The Hall–Kier alpha value is -1.52. The molecule has 5 heteroatoms. The normalized spacial score (nSPS) is 22.8. The average molecular weight is 250 g/mol. The summed E-state index contributed by atoms with van der Waals surface area (Å²) >= 11 is 0. The Kier molecular flexibility index (Phi) is 4.23. The second-order valence-corrected chi connectivity index (χ2v) is 4.89. The number of hydrogen-bond donors (Lipinski definition) is 2. The van der Waals surface area contributed by atoms with E-state index in [4.69, 9.17) is 4.74 Å². The molecule has 1 fully saturated rings. The van der Waals surface area contributed by atoms with E-state index in [1.54, 1.807) is 13.4 Å². The van der Waals surface area contributed by atoms with Crippen LogP contribution in [0.4, 0.5) is 11.6 Å². The standard InChI is InChI=1S/C13H22N4O/c1-4-14-12-11(18-3)13(16-8-15-12)17-10-6-5-9(2)7-10/h8-10H,4-7H2,1-3H3,(H2,14,15,16,17). The lowest BCUT2D eigenvalue weighted by atomic mass is 10.1. The molecule has 1 aromatic heterocycles. The molecular weight excluding hydrogens is 228 g/mol. The fraction of sp³-hybridized carbons (Fsp3) is 0.692. The summed E-state index contributed by atoms with van der Waals surface area (Å²) in [5, 5.41) is 6.66. The summed E-state index contributed by atoms with van der Waals surface area (Å²) in [7, 11) is 1.65. The fourth-order valence-corrected chi connectivity index (χ4v) is 2.49. The molecule has 0 spiro atoms. The van der Waals surface area contributed by atoms with E-state index in [1.807, 2.05) is 6.92 Å². The highest BCUT2D eigenvalue weighted by Crippen LogP contribution is 2.33. The summed E-state index contributed by atoms with van der Waals surface area (Å²) in [5.41, 5.74) is 0. The van der Waals surface area contributed by atoms with Crippen LogP contribution in [0.3, 0.4) is 0 Å². The van der Waals surface area contributed by atoms with E-state index < -0.39 is 0 Å². The molecule has 1 aliphatic carbocycles. The highest BCUT2D eigenvalue weighted by molar-refractivity contribution is 5.63. The van der Waals surface area contributed by atoms with E-state index in [9.17, 15) is 0 Å². The third-order valence-corrected chi connectivity index (χ3v) is 3.39. The zero-order valence-electron chi connectivity index (χ0n) is 11.4. The van der Waals surface area contributed by atoms with E-state index in [0.717, 1.165) is 24.1 Å². The molecule has 1 saturated carbocycles. The van der Waals surface area contributed by atoms with Gasteiger partial charge in [0, 0.05) is 12.6 Å². The Labute approximate surface area is 108 Å². The maximum Gasteiger partial charge on any atom is 0.204 e. The molecule has 0 bridgehead atoms. The second kappa shape index (κ2) is 5.89. The third kappa shape index (κ3) is 2.83.